The van der Waals surface area contributed by atoms with Crippen molar-refractivity contribution in [3.63, 3.8) is 0 Å². The molecule has 2 unspecified atom stereocenters. The topological polar surface area (TPSA) is 78.4 Å². The molecule has 0 aromatic heterocycles. The minimum absolute atomic E-state index is 0.160. The van der Waals surface area contributed by atoms with E-state index in [0.29, 0.717) is 6.92 Å². The number of nitrogens with one attached hydrogen (secondary N) is 2. The molecule has 0 bridgehead atoms. The highest BCUT2D eigenvalue weighted by Gasteiger charge is 2.58. The molecule has 1 aliphatic carbocycles. The number of halogens is 3. The third-order valence-corrected chi connectivity index (χ3v) is 3.29. The Morgan fingerprint density at radius 3 is 2.45 bits per heavy atom. The van der Waals surface area contributed by atoms with Gasteiger partial charge < -0.3 is 15.7 Å². The van der Waals surface area contributed by atoms with Crippen LogP contribution in [0.1, 0.15) is 26.2 Å². The molecule has 2 amide bonds. The molecule has 0 saturated heterocycles. The fourth-order valence-corrected chi connectivity index (χ4v) is 1.80. The Kier molecular flexibility index (Phi) is 5.02. The molecule has 0 aliphatic heterocycles. The van der Waals surface area contributed by atoms with Gasteiger partial charge in [0.1, 0.15) is 0 Å². The SMILES string of the molecule is CC(NC(=O)NCC1CC=CCC1)(C(=O)O)C(F)(F)F. The Balaban J connectivity index is 2.55. The maximum absolute atomic E-state index is 12.7. The minimum atomic E-state index is -5.08. The minimum Gasteiger partial charge on any atom is -0.479 e. The second-order valence-corrected chi connectivity index (χ2v) is 4.91. The first kappa shape index (κ1) is 16.3. The van der Waals surface area contributed by atoms with Crippen LogP contribution in [0.5, 0.6) is 0 Å². The molecule has 1 rings (SSSR count). The van der Waals surface area contributed by atoms with Crippen LogP contribution in [0.25, 0.3) is 0 Å². The van der Waals surface area contributed by atoms with Crippen molar-refractivity contribution in [3.8, 4) is 0 Å². The van der Waals surface area contributed by atoms with Gasteiger partial charge in [0.2, 0.25) is 5.54 Å². The molecule has 1 aliphatic rings. The van der Waals surface area contributed by atoms with Crippen molar-refractivity contribution >= 4 is 12.0 Å². The first-order valence-electron chi connectivity index (χ1n) is 6.18. The largest absolute Gasteiger partial charge is 0.479 e. The first-order chi connectivity index (χ1) is 9.17. The van der Waals surface area contributed by atoms with E-state index in [2.05, 4.69) is 5.32 Å². The van der Waals surface area contributed by atoms with E-state index in [9.17, 15) is 22.8 Å². The Labute approximate surface area is 114 Å². The van der Waals surface area contributed by atoms with E-state index in [0.717, 1.165) is 19.3 Å². The van der Waals surface area contributed by atoms with E-state index in [4.69, 9.17) is 5.11 Å². The summed E-state index contributed by atoms with van der Waals surface area (Å²) in [5.74, 6) is -1.99. The van der Waals surface area contributed by atoms with Crippen molar-refractivity contribution < 1.29 is 27.9 Å². The van der Waals surface area contributed by atoms with Crippen LogP contribution in [0.2, 0.25) is 0 Å². The lowest BCUT2D eigenvalue weighted by atomic mass is 9.94. The molecule has 0 fully saturated rings. The number of allylic oxidation sites excluding steroid dienone is 2. The standard InChI is InChI=1S/C12H17F3N2O3/c1-11(9(18)19,12(13,14)15)17-10(20)16-7-8-5-3-2-4-6-8/h2-3,8H,4-7H2,1H3,(H,18,19)(H2,16,17,20). The van der Waals surface area contributed by atoms with E-state index in [1.54, 1.807) is 0 Å². The Morgan fingerprint density at radius 2 is 2.00 bits per heavy atom. The van der Waals surface area contributed by atoms with Crippen LogP contribution in [-0.4, -0.2) is 35.4 Å². The van der Waals surface area contributed by atoms with Crippen LogP contribution in [0.3, 0.4) is 0 Å². The van der Waals surface area contributed by atoms with Gasteiger partial charge in [0.05, 0.1) is 0 Å². The molecule has 0 radical (unpaired) electrons. The fourth-order valence-electron chi connectivity index (χ4n) is 1.80. The molecule has 0 saturated carbocycles. The molecule has 0 spiro atoms. The molecule has 114 valence electrons. The summed E-state index contributed by atoms with van der Waals surface area (Å²) in [5, 5.41) is 12.4. The molecule has 3 N–H and O–H groups in total. The van der Waals surface area contributed by atoms with Gasteiger partial charge in [-0.1, -0.05) is 12.2 Å². The number of carbonyl (C=O) groups excluding carboxylic acids is 1. The molecule has 5 nitrogen and oxygen atoms in total. The Hall–Kier alpha value is -1.73. The normalized spacial score (nSPS) is 21.9. The third kappa shape index (κ3) is 3.88. The Bertz CT molecular complexity index is 409. The van der Waals surface area contributed by atoms with Crippen molar-refractivity contribution in [1.82, 2.24) is 10.6 Å². The number of urea groups is 1. The van der Waals surface area contributed by atoms with Crippen LogP contribution in [0.15, 0.2) is 12.2 Å². The second-order valence-electron chi connectivity index (χ2n) is 4.91. The molecule has 2 atom stereocenters. The molecule has 20 heavy (non-hydrogen) atoms. The zero-order valence-electron chi connectivity index (χ0n) is 11.0. The summed E-state index contributed by atoms with van der Waals surface area (Å²) in [6.45, 7) is 0.627. The average molecular weight is 294 g/mol. The predicted octanol–water partition coefficient (Wildman–Crippen LogP) is 2.05. The molecule has 0 heterocycles. The zero-order chi connectivity index (χ0) is 15.4. The molecule has 0 aromatic rings. The lowest BCUT2D eigenvalue weighted by Gasteiger charge is -2.29. The van der Waals surface area contributed by atoms with Gasteiger partial charge >= 0.3 is 18.2 Å². The summed E-state index contributed by atoms with van der Waals surface area (Å²) in [7, 11) is 0. The van der Waals surface area contributed by atoms with Gasteiger partial charge in [-0.05, 0) is 32.1 Å². The van der Waals surface area contributed by atoms with Gasteiger partial charge in [-0.15, -0.1) is 0 Å². The number of carboxylic acid groups (broad SMARTS) is 1. The number of carbonyl (C=O) groups is 2. The summed E-state index contributed by atoms with van der Waals surface area (Å²) in [6.07, 6.45) is 1.32. The quantitative estimate of drug-likeness (QED) is 0.694. The van der Waals surface area contributed by atoms with E-state index < -0.39 is 23.7 Å². The predicted molar refractivity (Wildman–Crippen MR) is 65.1 cm³/mol. The number of carboxylic acids is 1. The van der Waals surface area contributed by atoms with Crippen LogP contribution < -0.4 is 10.6 Å². The molecular formula is C12H17F3N2O3. The maximum atomic E-state index is 12.7. The van der Waals surface area contributed by atoms with Gasteiger partial charge in [0.15, 0.2) is 0 Å². The number of aliphatic carboxylic acids is 1. The van der Waals surface area contributed by atoms with E-state index >= 15 is 0 Å². The number of alkyl halides is 3. The van der Waals surface area contributed by atoms with Crippen molar-refractivity contribution in [2.75, 3.05) is 6.54 Å². The van der Waals surface area contributed by atoms with Crippen molar-refractivity contribution in [2.45, 2.75) is 37.9 Å². The summed E-state index contributed by atoms with van der Waals surface area (Å²) in [5.41, 5.74) is -3.30. The van der Waals surface area contributed by atoms with E-state index in [-0.39, 0.29) is 12.5 Å². The number of hydrogen-bond acceptors (Lipinski definition) is 2. The summed E-state index contributed by atoms with van der Waals surface area (Å²) in [4.78, 5) is 22.2. The van der Waals surface area contributed by atoms with Gasteiger partial charge in [-0.3, -0.25) is 0 Å². The smallest absolute Gasteiger partial charge is 0.422 e. The zero-order valence-corrected chi connectivity index (χ0v) is 11.0. The van der Waals surface area contributed by atoms with Gasteiger partial charge in [-0.2, -0.15) is 13.2 Å². The Morgan fingerprint density at radius 1 is 1.35 bits per heavy atom. The second kappa shape index (κ2) is 6.15. The fraction of sp³-hybridized carbons (Fsp3) is 0.667. The maximum Gasteiger partial charge on any atom is 0.422 e. The monoisotopic (exact) mass is 294 g/mol. The summed E-state index contributed by atoms with van der Waals surface area (Å²) >= 11 is 0. The lowest BCUT2D eigenvalue weighted by molar-refractivity contribution is -0.203. The van der Waals surface area contributed by atoms with Gasteiger partial charge in [0, 0.05) is 6.54 Å². The third-order valence-electron chi connectivity index (χ3n) is 3.29. The average Bonchev–Trinajstić information content (AvgIpc) is 2.36. The summed E-state index contributed by atoms with van der Waals surface area (Å²) in [6, 6.07) is -1.14. The number of hydrogen-bond donors (Lipinski definition) is 3. The highest BCUT2D eigenvalue weighted by molar-refractivity contribution is 5.86. The van der Waals surface area contributed by atoms with Crippen molar-refractivity contribution in [3.05, 3.63) is 12.2 Å². The van der Waals surface area contributed by atoms with E-state index in [1.807, 2.05) is 12.2 Å². The van der Waals surface area contributed by atoms with Crippen molar-refractivity contribution in [1.29, 1.82) is 0 Å². The molecule has 8 heteroatoms. The van der Waals surface area contributed by atoms with Crippen LogP contribution >= 0.6 is 0 Å². The van der Waals surface area contributed by atoms with Crippen molar-refractivity contribution in [2.24, 2.45) is 5.92 Å². The van der Waals surface area contributed by atoms with Gasteiger partial charge in [-0.25, -0.2) is 9.59 Å². The van der Waals surface area contributed by atoms with Crippen LogP contribution in [-0.2, 0) is 4.79 Å². The van der Waals surface area contributed by atoms with Crippen LogP contribution in [0.4, 0.5) is 18.0 Å². The lowest BCUT2D eigenvalue weighted by Crippen LogP contribution is -2.63. The highest BCUT2D eigenvalue weighted by Crippen LogP contribution is 2.30. The number of amides is 2. The molecule has 0 aromatic carbocycles. The number of rotatable bonds is 4. The van der Waals surface area contributed by atoms with Gasteiger partial charge in [0.25, 0.3) is 0 Å². The van der Waals surface area contributed by atoms with Crippen LogP contribution in [0, 0.1) is 5.92 Å². The first-order valence-corrected chi connectivity index (χ1v) is 6.18. The summed E-state index contributed by atoms with van der Waals surface area (Å²) < 4.78 is 38.0. The molecular weight excluding hydrogens is 277 g/mol. The highest BCUT2D eigenvalue weighted by atomic mass is 19.4. The van der Waals surface area contributed by atoms with E-state index in [1.165, 1.54) is 5.32 Å².